The molecule has 1 amide bonds. The second-order valence-corrected chi connectivity index (χ2v) is 10.5. The Morgan fingerprint density at radius 3 is 2.34 bits per heavy atom. The molecule has 4 aromatic rings. The van der Waals surface area contributed by atoms with E-state index in [1.54, 1.807) is 22.7 Å². The van der Waals surface area contributed by atoms with Crippen LogP contribution in [0.1, 0.15) is 55.4 Å². The van der Waals surface area contributed by atoms with E-state index >= 15 is 0 Å². The number of rotatable bonds is 4. The van der Waals surface area contributed by atoms with Gasteiger partial charge >= 0.3 is 0 Å². The van der Waals surface area contributed by atoms with Gasteiger partial charge in [0.05, 0.1) is 11.4 Å². The van der Waals surface area contributed by atoms with Gasteiger partial charge in [-0.1, -0.05) is 51.1 Å². The molecular formula is C29H31FN4O. The molecule has 1 aliphatic heterocycles. The highest BCUT2D eigenvalue weighted by Crippen LogP contribution is 2.28. The molecule has 5 nitrogen and oxygen atoms in total. The summed E-state index contributed by atoms with van der Waals surface area (Å²) >= 11 is 0. The summed E-state index contributed by atoms with van der Waals surface area (Å²) < 4.78 is 15.4. The van der Waals surface area contributed by atoms with Crippen molar-refractivity contribution in [1.82, 2.24) is 19.5 Å². The summed E-state index contributed by atoms with van der Waals surface area (Å²) in [6.45, 7) is 7.73. The lowest BCUT2D eigenvalue weighted by atomic mass is 9.90. The van der Waals surface area contributed by atoms with Crippen LogP contribution in [0.4, 0.5) is 4.39 Å². The monoisotopic (exact) mass is 470 g/mol. The van der Waals surface area contributed by atoms with Crippen LogP contribution in [0.25, 0.3) is 16.9 Å². The number of halogens is 1. The first-order valence-electron chi connectivity index (χ1n) is 12.3. The number of carbonyl (C=O) groups is 1. The Morgan fingerprint density at radius 2 is 1.69 bits per heavy atom. The quantitative estimate of drug-likeness (QED) is 0.372. The first-order valence-corrected chi connectivity index (χ1v) is 12.3. The van der Waals surface area contributed by atoms with Crippen LogP contribution in [0, 0.1) is 11.7 Å². The molecule has 0 spiro atoms. The number of piperidine rings is 1. The molecule has 0 N–H and O–H groups in total. The fraction of sp³-hybridized carbons (Fsp3) is 0.345. The topological polar surface area (TPSA) is 50.5 Å². The summed E-state index contributed by atoms with van der Waals surface area (Å²) in [6.07, 6.45) is 3.01. The zero-order chi connectivity index (χ0) is 24.6. The maximum atomic E-state index is 13.6. The van der Waals surface area contributed by atoms with Crippen molar-refractivity contribution < 1.29 is 9.18 Å². The molecule has 0 unspecified atom stereocenters. The highest BCUT2D eigenvalue weighted by atomic mass is 19.1. The lowest BCUT2D eigenvalue weighted by Crippen LogP contribution is -2.39. The van der Waals surface area contributed by atoms with Gasteiger partial charge in [0.2, 0.25) is 0 Å². The molecule has 35 heavy (non-hydrogen) atoms. The van der Waals surface area contributed by atoms with E-state index in [9.17, 15) is 9.18 Å². The second-order valence-electron chi connectivity index (χ2n) is 10.5. The molecular weight excluding hydrogens is 439 g/mol. The summed E-state index contributed by atoms with van der Waals surface area (Å²) in [4.78, 5) is 20.1. The van der Waals surface area contributed by atoms with E-state index in [0.29, 0.717) is 17.3 Å². The van der Waals surface area contributed by atoms with Crippen molar-refractivity contribution >= 4 is 11.6 Å². The van der Waals surface area contributed by atoms with Crippen molar-refractivity contribution in [3.05, 3.63) is 89.5 Å². The van der Waals surface area contributed by atoms with Gasteiger partial charge in [-0.15, -0.1) is 0 Å². The van der Waals surface area contributed by atoms with Crippen molar-refractivity contribution in [2.24, 2.45) is 5.92 Å². The Bertz CT molecular complexity index is 1330. The van der Waals surface area contributed by atoms with Crippen molar-refractivity contribution in [2.75, 3.05) is 13.1 Å². The smallest absolute Gasteiger partial charge is 0.272 e. The SMILES string of the molecule is CC(C)(C)c1cc2nc(C(=O)N3CCC(Cc4ccccc4)CC3)cc(-c3ccc(F)cc3)n2n1. The normalized spacial score (nSPS) is 15.0. The molecule has 1 fully saturated rings. The van der Waals surface area contributed by atoms with Gasteiger partial charge in [0.25, 0.3) is 5.91 Å². The minimum Gasteiger partial charge on any atom is -0.337 e. The number of fused-ring (bicyclic) bond motifs is 1. The van der Waals surface area contributed by atoms with E-state index < -0.39 is 0 Å². The molecule has 2 aromatic heterocycles. The van der Waals surface area contributed by atoms with Crippen LogP contribution in [0.15, 0.2) is 66.7 Å². The van der Waals surface area contributed by atoms with E-state index in [-0.39, 0.29) is 17.1 Å². The molecule has 1 saturated heterocycles. The van der Waals surface area contributed by atoms with Gasteiger partial charge in [-0.25, -0.2) is 13.9 Å². The second kappa shape index (κ2) is 9.25. The summed E-state index contributed by atoms with van der Waals surface area (Å²) in [7, 11) is 0. The van der Waals surface area contributed by atoms with Crippen LogP contribution in [-0.2, 0) is 11.8 Å². The molecule has 3 heterocycles. The molecule has 1 aliphatic rings. The molecule has 0 atom stereocenters. The number of hydrogen-bond donors (Lipinski definition) is 0. The molecule has 0 bridgehead atoms. The zero-order valence-electron chi connectivity index (χ0n) is 20.5. The molecule has 180 valence electrons. The largest absolute Gasteiger partial charge is 0.337 e. The Hall–Kier alpha value is -3.54. The van der Waals surface area contributed by atoms with Gasteiger partial charge in [-0.3, -0.25) is 4.79 Å². The van der Waals surface area contributed by atoms with Crippen LogP contribution in [0.5, 0.6) is 0 Å². The molecule has 0 saturated carbocycles. The van der Waals surface area contributed by atoms with Gasteiger partial charge in [0.15, 0.2) is 5.65 Å². The fourth-order valence-electron chi connectivity index (χ4n) is 4.73. The van der Waals surface area contributed by atoms with E-state index in [2.05, 4.69) is 45.0 Å². The minimum atomic E-state index is -0.301. The van der Waals surface area contributed by atoms with Gasteiger partial charge in [0.1, 0.15) is 11.5 Å². The number of hydrogen-bond acceptors (Lipinski definition) is 3. The third-order valence-corrected chi connectivity index (χ3v) is 6.82. The predicted octanol–water partition coefficient (Wildman–Crippen LogP) is 5.93. The Morgan fingerprint density at radius 1 is 1.00 bits per heavy atom. The molecule has 5 rings (SSSR count). The summed E-state index contributed by atoms with van der Waals surface area (Å²) in [6, 6.07) is 20.6. The maximum absolute atomic E-state index is 13.6. The van der Waals surface area contributed by atoms with E-state index in [0.717, 1.165) is 49.3 Å². The Kier molecular flexibility index (Phi) is 6.13. The lowest BCUT2D eigenvalue weighted by Gasteiger charge is -2.32. The van der Waals surface area contributed by atoms with Gasteiger partial charge < -0.3 is 4.90 Å². The number of benzene rings is 2. The van der Waals surface area contributed by atoms with Crippen LogP contribution in [0.2, 0.25) is 0 Å². The zero-order valence-corrected chi connectivity index (χ0v) is 20.5. The van der Waals surface area contributed by atoms with Crippen molar-refractivity contribution in [3.63, 3.8) is 0 Å². The van der Waals surface area contributed by atoms with Crippen LogP contribution < -0.4 is 0 Å². The Labute approximate surface area is 205 Å². The number of likely N-dealkylation sites (tertiary alicyclic amines) is 1. The first-order chi connectivity index (χ1) is 16.8. The van der Waals surface area contributed by atoms with E-state index in [4.69, 9.17) is 10.1 Å². The summed E-state index contributed by atoms with van der Waals surface area (Å²) in [5.41, 5.74) is 4.62. The number of carbonyl (C=O) groups excluding carboxylic acids is 1. The van der Waals surface area contributed by atoms with E-state index in [1.807, 2.05) is 17.0 Å². The van der Waals surface area contributed by atoms with Gasteiger partial charge in [0, 0.05) is 30.1 Å². The van der Waals surface area contributed by atoms with Crippen molar-refractivity contribution in [2.45, 2.75) is 45.4 Å². The average Bonchev–Trinajstić information content (AvgIpc) is 3.30. The van der Waals surface area contributed by atoms with Crippen molar-refractivity contribution in [3.8, 4) is 11.3 Å². The maximum Gasteiger partial charge on any atom is 0.272 e. The van der Waals surface area contributed by atoms with E-state index in [1.165, 1.54) is 17.7 Å². The molecule has 0 aliphatic carbocycles. The van der Waals surface area contributed by atoms with Crippen molar-refractivity contribution in [1.29, 1.82) is 0 Å². The highest BCUT2D eigenvalue weighted by Gasteiger charge is 2.27. The van der Waals surface area contributed by atoms with Gasteiger partial charge in [-0.2, -0.15) is 5.10 Å². The standard InChI is InChI=1S/C29H31FN4O/c1-29(2,3)26-19-27-31-24(18-25(34(27)32-26)22-9-11-23(30)12-10-22)28(35)33-15-13-21(14-16-33)17-20-7-5-4-6-8-20/h4-12,18-19,21H,13-17H2,1-3H3. The highest BCUT2D eigenvalue weighted by molar-refractivity contribution is 5.94. The minimum absolute atomic E-state index is 0.0625. The molecule has 2 aromatic carbocycles. The summed E-state index contributed by atoms with van der Waals surface area (Å²) in [5.74, 6) is 0.216. The number of nitrogens with zero attached hydrogens (tertiary/aromatic N) is 4. The number of amides is 1. The summed E-state index contributed by atoms with van der Waals surface area (Å²) in [5, 5.41) is 4.78. The molecule has 0 radical (unpaired) electrons. The van der Waals surface area contributed by atoms with Crippen LogP contribution >= 0.6 is 0 Å². The predicted molar refractivity (Wildman–Crippen MR) is 136 cm³/mol. The average molecular weight is 471 g/mol. The van der Waals surface area contributed by atoms with Crippen LogP contribution in [-0.4, -0.2) is 38.5 Å². The third-order valence-electron chi connectivity index (χ3n) is 6.82. The first kappa shape index (κ1) is 23.2. The molecule has 6 heteroatoms. The number of aromatic nitrogens is 3. The van der Waals surface area contributed by atoms with Gasteiger partial charge in [-0.05, 0) is 61.1 Å². The lowest BCUT2D eigenvalue weighted by molar-refractivity contribution is 0.0685. The third kappa shape index (κ3) is 4.97. The fourth-order valence-corrected chi connectivity index (χ4v) is 4.73. The Balaban J connectivity index is 1.42. The van der Waals surface area contributed by atoms with Crippen LogP contribution in [0.3, 0.4) is 0 Å².